The Hall–Kier alpha value is -2.95. The van der Waals surface area contributed by atoms with E-state index < -0.39 is 0 Å². The van der Waals surface area contributed by atoms with E-state index in [-0.39, 0.29) is 17.9 Å². The Labute approximate surface area is 160 Å². The van der Waals surface area contributed by atoms with Crippen LogP contribution in [0, 0.1) is 0 Å². The van der Waals surface area contributed by atoms with E-state index in [2.05, 4.69) is 39.4 Å². The Morgan fingerprint density at radius 1 is 1.22 bits per heavy atom. The van der Waals surface area contributed by atoms with Crippen LogP contribution in [0.2, 0.25) is 0 Å². The highest BCUT2D eigenvalue weighted by Gasteiger charge is 2.23. The summed E-state index contributed by atoms with van der Waals surface area (Å²) in [6.45, 7) is 12.5. The Balaban J connectivity index is 2.19. The van der Waals surface area contributed by atoms with Gasteiger partial charge in [0.25, 0.3) is 5.91 Å². The van der Waals surface area contributed by atoms with Crippen LogP contribution in [0.25, 0.3) is 11.0 Å². The highest BCUT2D eigenvalue weighted by atomic mass is 16.2. The van der Waals surface area contributed by atoms with Crippen LogP contribution in [0.15, 0.2) is 55.3 Å². The molecule has 0 atom stereocenters. The molecular weight excluding hydrogens is 336 g/mol. The van der Waals surface area contributed by atoms with Gasteiger partial charge >= 0.3 is 0 Å². The van der Waals surface area contributed by atoms with Crippen LogP contribution < -0.4 is 4.90 Å². The number of aromatic nitrogens is 3. The van der Waals surface area contributed by atoms with Crippen LogP contribution >= 0.6 is 0 Å². The largest absolute Gasteiger partial charge is 0.305 e. The molecule has 0 aliphatic heterocycles. The van der Waals surface area contributed by atoms with Crippen molar-refractivity contribution in [2.45, 2.75) is 39.7 Å². The minimum atomic E-state index is -0.0706. The van der Waals surface area contributed by atoms with Gasteiger partial charge in [-0.05, 0) is 38.0 Å². The first kappa shape index (κ1) is 18.8. The van der Waals surface area contributed by atoms with Crippen molar-refractivity contribution >= 4 is 22.6 Å². The Bertz CT molecular complexity index is 957. The van der Waals surface area contributed by atoms with Crippen LogP contribution in [0.1, 0.15) is 55.7 Å². The molecule has 5 nitrogen and oxygen atoms in total. The third-order valence-corrected chi connectivity index (χ3v) is 4.52. The molecule has 1 aromatic carbocycles. The molecule has 3 aromatic rings. The van der Waals surface area contributed by atoms with Crippen molar-refractivity contribution in [2.75, 3.05) is 11.4 Å². The predicted molar refractivity (Wildman–Crippen MR) is 110 cm³/mol. The SMILES string of the molecule is C=CCN(C(=O)c1cc(C(C)C)nc2c1cnn2C(C)C)c1ccccc1. The quantitative estimate of drug-likeness (QED) is 0.582. The zero-order valence-electron chi connectivity index (χ0n) is 16.4. The van der Waals surface area contributed by atoms with Gasteiger partial charge in [-0.3, -0.25) is 4.79 Å². The lowest BCUT2D eigenvalue weighted by atomic mass is 10.0. The number of para-hydroxylation sites is 1. The molecule has 2 heterocycles. The summed E-state index contributed by atoms with van der Waals surface area (Å²) in [6, 6.07) is 11.7. The second-order valence-corrected chi connectivity index (χ2v) is 7.21. The topological polar surface area (TPSA) is 51.0 Å². The summed E-state index contributed by atoms with van der Waals surface area (Å²) >= 11 is 0. The molecule has 0 aliphatic carbocycles. The van der Waals surface area contributed by atoms with Crippen LogP contribution in [0.4, 0.5) is 5.69 Å². The summed E-state index contributed by atoms with van der Waals surface area (Å²) in [6.07, 6.45) is 3.49. The normalized spacial score (nSPS) is 11.3. The number of benzene rings is 1. The van der Waals surface area contributed by atoms with Gasteiger partial charge in [-0.2, -0.15) is 5.10 Å². The van der Waals surface area contributed by atoms with E-state index >= 15 is 0 Å². The van der Waals surface area contributed by atoms with Gasteiger partial charge in [-0.25, -0.2) is 9.67 Å². The zero-order chi connectivity index (χ0) is 19.6. The number of carbonyl (C=O) groups excluding carboxylic acids is 1. The van der Waals surface area contributed by atoms with Gasteiger partial charge in [-0.1, -0.05) is 38.1 Å². The first-order chi connectivity index (χ1) is 12.9. The fourth-order valence-electron chi connectivity index (χ4n) is 3.08. The lowest BCUT2D eigenvalue weighted by Crippen LogP contribution is -2.31. The molecule has 0 fully saturated rings. The number of amides is 1. The predicted octanol–water partition coefficient (Wildman–Crippen LogP) is 4.97. The van der Waals surface area contributed by atoms with Crippen molar-refractivity contribution in [1.82, 2.24) is 14.8 Å². The maximum Gasteiger partial charge on any atom is 0.259 e. The summed E-state index contributed by atoms with van der Waals surface area (Å²) < 4.78 is 1.87. The third kappa shape index (κ3) is 3.63. The van der Waals surface area contributed by atoms with Crippen molar-refractivity contribution in [3.05, 3.63) is 66.5 Å². The molecule has 0 saturated carbocycles. The highest BCUT2D eigenvalue weighted by molar-refractivity contribution is 6.13. The molecular formula is C22H26N4O. The molecule has 0 unspecified atom stereocenters. The standard InChI is InChI=1S/C22H26N4O/c1-6-12-25(17-10-8-7-9-11-17)22(27)18-13-20(15(2)3)24-21-19(18)14-23-26(21)16(4)5/h6-11,13-16H,1,12H2,2-5H3. The molecule has 0 radical (unpaired) electrons. The Kier molecular flexibility index (Phi) is 5.40. The van der Waals surface area contributed by atoms with E-state index in [1.165, 1.54) is 0 Å². The second kappa shape index (κ2) is 7.74. The molecule has 0 bridgehead atoms. The molecule has 0 aliphatic rings. The van der Waals surface area contributed by atoms with E-state index in [0.29, 0.717) is 12.1 Å². The van der Waals surface area contributed by atoms with Gasteiger partial charge in [0.15, 0.2) is 5.65 Å². The lowest BCUT2D eigenvalue weighted by molar-refractivity contribution is 0.0991. The van der Waals surface area contributed by atoms with Gasteiger partial charge in [0.1, 0.15) is 0 Å². The van der Waals surface area contributed by atoms with Gasteiger partial charge in [0.05, 0.1) is 17.1 Å². The molecule has 140 valence electrons. The first-order valence-electron chi connectivity index (χ1n) is 9.30. The lowest BCUT2D eigenvalue weighted by Gasteiger charge is -2.22. The van der Waals surface area contributed by atoms with Crippen LogP contribution in [-0.4, -0.2) is 27.2 Å². The number of anilines is 1. The highest BCUT2D eigenvalue weighted by Crippen LogP contribution is 2.27. The summed E-state index contributed by atoms with van der Waals surface area (Å²) in [5.74, 6) is 0.139. The monoisotopic (exact) mass is 362 g/mol. The summed E-state index contributed by atoms with van der Waals surface area (Å²) in [4.78, 5) is 20.0. The number of carbonyl (C=O) groups is 1. The van der Waals surface area contributed by atoms with E-state index in [1.54, 1.807) is 17.2 Å². The molecule has 27 heavy (non-hydrogen) atoms. The fourth-order valence-corrected chi connectivity index (χ4v) is 3.08. The maximum absolute atomic E-state index is 13.5. The Morgan fingerprint density at radius 2 is 1.93 bits per heavy atom. The van der Waals surface area contributed by atoms with E-state index in [0.717, 1.165) is 22.4 Å². The number of nitrogens with zero attached hydrogens (tertiary/aromatic N) is 4. The molecule has 5 heteroatoms. The summed E-state index contributed by atoms with van der Waals surface area (Å²) in [5, 5.41) is 5.26. The fraction of sp³-hybridized carbons (Fsp3) is 0.318. The number of hydrogen-bond acceptors (Lipinski definition) is 3. The third-order valence-electron chi connectivity index (χ3n) is 4.52. The molecule has 0 N–H and O–H groups in total. The van der Waals surface area contributed by atoms with Gasteiger partial charge in [-0.15, -0.1) is 6.58 Å². The van der Waals surface area contributed by atoms with Crippen LogP contribution in [0.5, 0.6) is 0 Å². The number of rotatable bonds is 6. The zero-order valence-corrected chi connectivity index (χ0v) is 16.4. The summed E-state index contributed by atoms with van der Waals surface area (Å²) in [7, 11) is 0. The van der Waals surface area contributed by atoms with E-state index in [4.69, 9.17) is 4.98 Å². The van der Waals surface area contributed by atoms with Gasteiger partial charge in [0.2, 0.25) is 0 Å². The molecule has 1 amide bonds. The van der Waals surface area contributed by atoms with E-state index in [1.807, 2.05) is 41.1 Å². The summed E-state index contributed by atoms with van der Waals surface area (Å²) in [5.41, 5.74) is 3.11. The van der Waals surface area contributed by atoms with Crippen molar-refractivity contribution in [3.63, 3.8) is 0 Å². The van der Waals surface area contributed by atoms with Crippen molar-refractivity contribution in [1.29, 1.82) is 0 Å². The van der Waals surface area contributed by atoms with Crippen LogP contribution in [0.3, 0.4) is 0 Å². The Morgan fingerprint density at radius 3 is 2.52 bits per heavy atom. The molecule has 2 aromatic heterocycles. The van der Waals surface area contributed by atoms with Gasteiger partial charge < -0.3 is 4.90 Å². The minimum Gasteiger partial charge on any atom is -0.305 e. The molecule has 3 rings (SSSR count). The van der Waals surface area contributed by atoms with Crippen molar-refractivity contribution < 1.29 is 4.79 Å². The number of pyridine rings is 1. The smallest absolute Gasteiger partial charge is 0.259 e. The van der Waals surface area contributed by atoms with Crippen LogP contribution in [-0.2, 0) is 0 Å². The second-order valence-electron chi connectivity index (χ2n) is 7.21. The minimum absolute atomic E-state index is 0.0706. The molecule has 0 spiro atoms. The van der Waals surface area contributed by atoms with Crippen molar-refractivity contribution in [3.8, 4) is 0 Å². The van der Waals surface area contributed by atoms with Gasteiger partial charge in [0, 0.05) is 24.0 Å². The maximum atomic E-state index is 13.5. The number of fused-ring (bicyclic) bond motifs is 1. The average molecular weight is 362 g/mol. The van der Waals surface area contributed by atoms with Crippen molar-refractivity contribution in [2.24, 2.45) is 0 Å². The first-order valence-corrected chi connectivity index (χ1v) is 9.30. The van der Waals surface area contributed by atoms with E-state index in [9.17, 15) is 4.79 Å². The molecule has 0 saturated heterocycles. The number of hydrogen-bond donors (Lipinski definition) is 0. The average Bonchev–Trinajstić information content (AvgIpc) is 3.09.